The second kappa shape index (κ2) is 8.47. The molecule has 0 aliphatic rings. The van der Waals surface area contributed by atoms with Crippen molar-refractivity contribution in [1.29, 1.82) is 0 Å². The quantitative estimate of drug-likeness (QED) is 0.591. The van der Waals surface area contributed by atoms with E-state index in [1.165, 1.54) is 16.7 Å². The van der Waals surface area contributed by atoms with Gasteiger partial charge in [-0.3, -0.25) is 4.79 Å². The third-order valence-corrected chi connectivity index (χ3v) is 5.37. The molecule has 0 spiro atoms. The average Bonchev–Trinajstić information content (AvgIpc) is 2.68. The van der Waals surface area contributed by atoms with Crippen molar-refractivity contribution in [1.82, 2.24) is 5.32 Å². The Morgan fingerprint density at radius 1 is 0.929 bits per heavy atom. The van der Waals surface area contributed by atoms with E-state index in [-0.39, 0.29) is 11.9 Å². The SMILES string of the molecule is CC[C@H](Oc1ccc2ccccc2c1)C(=O)N[C@H](C)c1cc(C)c(C)cc1C. The van der Waals surface area contributed by atoms with Crippen molar-refractivity contribution < 1.29 is 9.53 Å². The maximum atomic E-state index is 12.9. The molecular weight excluding hydrogens is 346 g/mol. The van der Waals surface area contributed by atoms with Gasteiger partial charge in [0.15, 0.2) is 6.10 Å². The number of fused-ring (bicyclic) bond motifs is 1. The van der Waals surface area contributed by atoms with E-state index < -0.39 is 6.10 Å². The third kappa shape index (κ3) is 4.36. The van der Waals surface area contributed by atoms with Gasteiger partial charge in [-0.1, -0.05) is 49.4 Å². The van der Waals surface area contributed by atoms with Gasteiger partial charge in [0.1, 0.15) is 5.75 Å². The fraction of sp³-hybridized carbons (Fsp3) is 0.320. The molecule has 3 aromatic carbocycles. The third-order valence-electron chi connectivity index (χ3n) is 5.37. The van der Waals surface area contributed by atoms with Crippen LogP contribution in [-0.4, -0.2) is 12.0 Å². The van der Waals surface area contributed by atoms with Gasteiger partial charge in [-0.05, 0) is 79.3 Å². The zero-order chi connectivity index (χ0) is 20.3. The molecule has 3 rings (SSSR count). The van der Waals surface area contributed by atoms with Crippen molar-refractivity contribution in [3.63, 3.8) is 0 Å². The lowest BCUT2D eigenvalue weighted by atomic mass is 9.96. The van der Waals surface area contributed by atoms with Crippen molar-refractivity contribution in [2.45, 2.75) is 53.2 Å². The molecule has 3 aromatic rings. The van der Waals surface area contributed by atoms with Gasteiger partial charge in [0, 0.05) is 0 Å². The Morgan fingerprint density at radius 2 is 1.61 bits per heavy atom. The van der Waals surface area contributed by atoms with Crippen LogP contribution in [0.3, 0.4) is 0 Å². The van der Waals surface area contributed by atoms with Crippen LogP contribution < -0.4 is 10.1 Å². The van der Waals surface area contributed by atoms with Crippen LogP contribution in [-0.2, 0) is 4.79 Å². The maximum absolute atomic E-state index is 12.9. The highest BCUT2D eigenvalue weighted by molar-refractivity contribution is 5.84. The van der Waals surface area contributed by atoms with Crippen LogP contribution in [0.1, 0.15) is 48.6 Å². The summed E-state index contributed by atoms with van der Waals surface area (Å²) in [7, 11) is 0. The first-order chi connectivity index (χ1) is 13.4. The van der Waals surface area contributed by atoms with Crippen LogP contribution >= 0.6 is 0 Å². The normalized spacial score (nSPS) is 13.2. The van der Waals surface area contributed by atoms with Crippen molar-refractivity contribution in [2.75, 3.05) is 0 Å². The number of hydrogen-bond acceptors (Lipinski definition) is 2. The van der Waals surface area contributed by atoms with Crippen molar-refractivity contribution in [3.8, 4) is 5.75 Å². The number of benzene rings is 3. The van der Waals surface area contributed by atoms with Crippen LogP contribution in [0, 0.1) is 20.8 Å². The van der Waals surface area contributed by atoms with E-state index in [9.17, 15) is 4.79 Å². The highest BCUT2D eigenvalue weighted by Crippen LogP contribution is 2.24. The monoisotopic (exact) mass is 375 g/mol. The summed E-state index contributed by atoms with van der Waals surface area (Å²) in [6, 6.07) is 18.3. The smallest absolute Gasteiger partial charge is 0.261 e. The van der Waals surface area contributed by atoms with E-state index in [0.29, 0.717) is 6.42 Å². The minimum atomic E-state index is -0.518. The number of rotatable bonds is 6. The number of carbonyl (C=O) groups excluding carboxylic acids is 1. The predicted octanol–water partition coefficient (Wildman–Crippen LogP) is 5.80. The van der Waals surface area contributed by atoms with Gasteiger partial charge < -0.3 is 10.1 Å². The number of hydrogen-bond donors (Lipinski definition) is 1. The molecule has 3 nitrogen and oxygen atoms in total. The number of amides is 1. The summed E-state index contributed by atoms with van der Waals surface area (Å²) in [5.41, 5.74) is 4.85. The summed E-state index contributed by atoms with van der Waals surface area (Å²) in [5.74, 6) is 0.636. The zero-order valence-corrected chi connectivity index (χ0v) is 17.4. The minimum absolute atomic E-state index is 0.0685. The maximum Gasteiger partial charge on any atom is 0.261 e. The van der Waals surface area contributed by atoms with Gasteiger partial charge in [-0.15, -0.1) is 0 Å². The lowest BCUT2D eigenvalue weighted by molar-refractivity contribution is -0.128. The standard InChI is InChI=1S/C25H29NO2/c1-6-24(28-22-12-11-20-9-7-8-10-21(20)15-22)25(27)26-19(5)23-14-17(3)16(2)13-18(23)4/h7-15,19,24H,6H2,1-5H3,(H,26,27)/t19-,24+/m1/s1. The van der Waals surface area contributed by atoms with Crippen LogP contribution in [0.15, 0.2) is 54.6 Å². The molecule has 0 heterocycles. The first-order valence-corrected chi connectivity index (χ1v) is 9.92. The topological polar surface area (TPSA) is 38.3 Å². The summed E-state index contributed by atoms with van der Waals surface area (Å²) >= 11 is 0. The Balaban J connectivity index is 1.73. The molecule has 0 radical (unpaired) electrons. The second-order valence-corrected chi connectivity index (χ2v) is 7.55. The van der Waals surface area contributed by atoms with E-state index in [2.05, 4.69) is 44.3 Å². The number of aryl methyl sites for hydroxylation is 3. The number of carbonyl (C=O) groups is 1. The molecule has 0 aliphatic heterocycles. The molecular formula is C25H29NO2. The van der Waals surface area contributed by atoms with Crippen LogP contribution in [0.25, 0.3) is 10.8 Å². The average molecular weight is 376 g/mol. The van der Waals surface area contributed by atoms with Crippen LogP contribution in [0.5, 0.6) is 5.75 Å². The zero-order valence-electron chi connectivity index (χ0n) is 17.4. The lowest BCUT2D eigenvalue weighted by Crippen LogP contribution is -2.39. The Labute approximate surface area is 167 Å². The van der Waals surface area contributed by atoms with Gasteiger partial charge in [-0.2, -0.15) is 0 Å². The summed E-state index contributed by atoms with van der Waals surface area (Å²) in [6.45, 7) is 10.3. The van der Waals surface area contributed by atoms with Crippen molar-refractivity contribution >= 4 is 16.7 Å². The van der Waals surface area contributed by atoms with Crippen molar-refractivity contribution in [2.24, 2.45) is 0 Å². The molecule has 0 saturated heterocycles. The van der Waals surface area contributed by atoms with Crippen LogP contribution in [0.2, 0.25) is 0 Å². The highest BCUT2D eigenvalue weighted by Gasteiger charge is 2.21. The van der Waals surface area contributed by atoms with Gasteiger partial charge >= 0.3 is 0 Å². The van der Waals surface area contributed by atoms with Gasteiger partial charge in [0.05, 0.1) is 6.04 Å². The predicted molar refractivity (Wildman–Crippen MR) is 116 cm³/mol. The fourth-order valence-corrected chi connectivity index (χ4v) is 3.56. The first-order valence-electron chi connectivity index (χ1n) is 9.92. The highest BCUT2D eigenvalue weighted by atomic mass is 16.5. The summed E-state index contributed by atoms with van der Waals surface area (Å²) < 4.78 is 6.03. The molecule has 146 valence electrons. The van der Waals surface area contributed by atoms with E-state index >= 15 is 0 Å². The number of nitrogens with one attached hydrogen (secondary N) is 1. The second-order valence-electron chi connectivity index (χ2n) is 7.55. The molecule has 2 atom stereocenters. The Morgan fingerprint density at radius 3 is 2.32 bits per heavy atom. The molecule has 0 aliphatic carbocycles. The molecule has 0 bridgehead atoms. The molecule has 0 aromatic heterocycles. The Hall–Kier alpha value is -2.81. The van der Waals surface area contributed by atoms with Crippen LogP contribution in [0.4, 0.5) is 0 Å². The fourth-order valence-electron chi connectivity index (χ4n) is 3.56. The minimum Gasteiger partial charge on any atom is -0.481 e. The molecule has 0 fully saturated rings. The largest absolute Gasteiger partial charge is 0.481 e. The first kappa shape index (κ1) is 19.9. The van der Waals surface area contributed by atoms with E-state index in [0.717, 1.165) is 22.1 Å². The molecule has 28 heavy (non-hydrogen) atoms. The van der Waals surface area contributed by atoms with E-state index in [1.54, 1.807) is 0 Å². The van der Waals surface area contributed by atoms with E-state index in [4.69, 9.17) is 4.74 Å². The summed E-state index contributed by atoms with van der Waals surface area (Å²) in [5, 5.41) is 5.39. The molecule has 0 saturated carbocycles. The van der Waals surface area contributed by atoms with Gasteiger partial charge in [0.2, 0.25) is 0 Å². The summed E-state index contributed by atoms with van der Waals surface area (Å²) in [4.78, 5) is 12.9. The molecule has 3 heteroatoms. The Kier molecular flexibility index (Phi) is 6.03. The molecule has 1 N–H and O–H groups in total. The molecule has 0 unspecified atom stereocenters. The van der Waals surface area contributed by atoms with Gasteiger partial charge in [0.25, 0.3) is 5.91 Å². The number of ether oxygens (including phenoxy) is 1. The summed E-state index contributed by atoms with van der Waals surface area (Å²) in [6.07, 6.45) is 0.0903. The molecule has 1 amide bonds. The van der Waals surface area contributed by atoms with Gasteiger partial charge in [-0.25, -0.2) is 0 Å². The lowest BCUT2D eigenvalue weighted by Gasteiger charge is -2.22. The Bertz CT molecular complexity index is 993. The van der Waals surface area contributed by atoms with Crippen molar-refractivity contribution in [3.05, 3.63) is 76.9 Å². The van der Waals surface area contributed by atoms with E-state index in [1.807, 2.05) is 50.2 Å².